The van der Waals surface area contributed by atoms with Gasteiger partial charge in [-0.3, -0.25) is 19.1 Å². The largest absolute Gasteiger partial charge is 0.501 e. The van der Waals surface area contributed by atoms with Gasteiger partial charge in [-0.05, 0) is 23.8 Å². The zero-order valence-electron chi connectivity index (χ0n) is 16.4. The van der Waals surface area contributed by atoms with Crippen LogP contribution in [0.15, 0.2) is 59.4 Å². The Morgan fingerprint density at radius 2 is 1.77 bits per heavy atom. The van der Waals surface area contributed by atoms with E-state index in [0.717, 1.165) is 17.2 Å². The van der Waals surface area contributed by atoms with E-state index in [-0.39, 0.29) is 11.7 Å². The van der Waals surface area contributed by atoms with Gasteiger partial charge in [0.25, 0.3) is 11.5 Å². The monoisotopic (exact) mass is 405 g/mol. The summed E-state index contributed by atoms with van der Waals surface area (Å²) in [5.74, 6) is -1.79. The highest BCUT2D eigenvalue weighted by atomic mass is 16.5. The first-order chi connectivity index (χ1) is 14.4. The summed E-state index contributed by atoms with van der Waals surface area (Å²) in [6, 6.07) is 15.6. The van der Waals surface area contributed by atoms with Crippen LogP contribution >= 0.6 is 0 Å². The quantitative estimate of drug-likeness (QED) is 0.671. The molecule has 152 valence electrons. The van der Waals surface area contributed by atoms with Crippen LogP contribution in [0.4, 0.5) is 5.69 Å². The Balaban J connectivity index is 1.90. The number of hydrogen-bond acceptors (Lipinski definition) is 6. The van der Waals surface area contributed by atoms with Gasteiger partial charge in [0, 0.05) is 24.7 Å². The lowest BCUT2D eigenvalue weighted by Gasteiger charge is -2.26. The average molecular weight is 405 g/mol. The van der Waals surface area contributed by atoms with E-state index < -0.39 is 29.0 Å². The molecule has 1 aliphatic heterocycles. The van der Waals surface area contributed by atoms with Crippen molar-refractivity contribution < 1.29 is 19.4 Å². The van der Waals surface area contributed by atoms with E-state index in [1.165, 1.54) is 7.05 Å². The highest BCUT2D eigenvalue weighted by Gasteiger charge is 2.38. The maximum Gasteiger partial charge on any atom is 0.360 e. The fourth-order valence-corrected chi connectivity index (χ4v) is 3.71. The highest BCUT2D eigenvalue weighted by Crippen LogP contribution is 2.40. The third-order valence-electron chi connectivity index (χ3n) is 5.19. The van der Waals surface area contributed by atoms with Gasteiger partial charge in [-0.15, -0.1) is 0 Å². The van der Waals surface area contributed by atoms with Gasteiger partial charge in [0.2, 0.25) is 5.75 Å². The summed E-state index contributed by atoms with van der Waals surface area (Å²) in [5.41, 5.74) is 0.838. The first-order valence-electron chi connectivity index (χ1n) is 9.28. The minimum absolute atomic E-state index is 0.179. The van der Waals surface area contributed by atoms with Gasteiger partial charge in [-0.2, -0.15) is 0 Å². The minimum Gasteiger partial charge on any atom is -0.501 e. The lowest BCUT2D eigenvalue weighted by molar-refractivity contribution is 0.0589. The summed E-state index contributed by atoms with van der Waals surface area (Å²) in [6.07, 6.45) is 0.403. The molecule has 30 heavy (non-hydrogen) atoms. The van der Waals surface area contributed by atoms with Gasteiger partial charge < -0.3 is 9.84 Å². The number of carbonyl (C=O) groups excluding carboxylic acids is 2. The van der Waals surface area contributed by atoms with Crippen molar-refractivity contribution in [1.82, 2.24) is 9.55 Å². The molecule has 8 heteroatoms. The molecule has 0 fully saturated rings. The lowest BCUT2D eigenvalue weighted by atomic mass is 10.1. The molecular weight excluding hydrogens is 386 g/mol. The Labute approximate surface area is 172 Å². The molecule has 0 radical (unpaired) electrons. The summed E-state index contributed by atoms with van der Waals surface area (Å²) in [4.78, 5) is 43.8. The number of ether oxygens (including phenoxy) is 1. The molecule has 3 aromatic rings. The first kappa shape index (κ1) is 19.4. The standard InChI is InChI=1S/C22H19N3O5/c1-24-19(23-17(22(29)30-2)18(26)21(24)28)16-12-14-10-6-7-11-15(14)25(16)20(27)13-8-4-3-5-9-13/h3-11,16,26H,12H2,1-2H3. The van der Waals surface area contributed by atoms with E-state index in [4.69, 9.17) is 0 Å². The number of aromatic hydroxyl groups is 1. The summed E-state index contributed by atoms with van der Waals surface area (Å²) in [6.45, 7) is 0. The molecular formula is C22H19N3O5. The number of nitrogens with zero attached hydrogens (tertiary/aromatic N) is 3. The van der Waals surface area contributed by atoms with Crippen molar-refractivity contribution in [2.45, 2.75) is 12.5 Å². The zero-order valence-corrected chi connectivity index (χ0v) is 16.4. The Morgan fingerprint density at radius 3 is 2.47 bits per heavy atom. The summed E-state index contributed by atoms with van der Waals surface area (Å²) in [5, 5.41) is 10.1. The van der Waals surface area contributed by atoms with Crippen molar-refractivity contribution in [1.29, 1.82) is 0 Å². The number of methoxy groups -OCH3 is 1. The fourth-order valence-electron chi connectivity index (χ4n) is 3.71. The highest BCUT2D eigenvalue weighted by molar-refractivity contribution is 6.07. The number of amides is 1. The molecule has 8 nitrogen and oxygen atoms in total. The predicted molar refractivity (Wildman–Crippen MR) is 109 cm³/mol. The third-order valence-corrected chi connectivity index (χ3v) is 5.19. The lowest BCUT2D eigenvalue weighted by Crippen LogP contribution is -2.37. The number of hydrogen-bond donors (Lipinski definition) is 1. The molecule has 1 amide bonds. The topological polar surface area (TPSA) is 102 Å². The summed E-state index contributed by atoms with van der Waals surface area (Å²) >= 11 is 0. The number of para-hydroxylation sites is 1. The molecule has 2 heterocycles. The van der Waals surface area contributed by atoms with Crippen molar-refractivity contribution in [3.05, 3.63) is 87.6 Å². The van der Waals surface area contributed by atoms with Crippen molar-refractivity contribution in [3.63, 3.8) is 0 Å². The summed E-state index contributed by atoms with van der Waals surface area (Å²) < 4.78 is 5.80. The maximum atomic E-state index is 13.4. The Morgan fingerprint density at radius 1 is 1.10 bits per heavy atom. The van der Waals surface area contributed by atoms with E-state index >= 15 is 0 Å². The molecule has 1 N–H and O–H groups in total. The SMILES string of the molecule is COC(=O)c1nc(C2Cc3ccccc3N2C(=O)c2ccccc2)n(C)c(=O)c1O. The molecule has 1 atom stereocenters. The van der Waals surface area contributed by atoms with Gasteiger partial charge in [0.15, 0.2) is 5.69 Å². The molecule has 1 unspecified atom stereocenters. The normalized spacial score (nSPS) is 15.0. The molecule has 0 spiro atoms. The van der Waals surface area contributed by atoms with Crippen LogP contribution < -0.4 is 10.5 Å². The molecule has 4 rings (SSSR count). The molecule has 0 aliphatic carbocycles. The molecule has 0 bridgehead atoms. The van der Waals surface area contributed by atoms with E-state index in [9.17, 15) is 19.5 Å². The van der Waals surface area contributed by atoms with Crippen LogP contribution in [0.1, 0.15) is 38.3 Å². The van der Waals surface area contributed by atoms with E-state index in [2.05, 4.69) is 9.72 Å². The number of carbonyl (C=O) groups is 2. The van der Waals surface area contributed by atoms with Crippen molar-refractivity contribution in [2.75, 3.05) is 12.0 Å². The van der Waals surface area contributed by atoms with E-state index in [1.54, 1.807) is 29.2 Å². The van der Waals surface area contributed by atoms with Gasteiger partial charge in [0.1, 0.15) is 5.82 Å². The van der Waals surface area contributed by atoms with Gasteiger partial charge in [-0.25, -0.2) is 9.78 Å². The fraction of sp³-hybridized carbons (Fsp3) is 0.182. The molecule has 2 aromatic carbocycles. The van der Waals surface area contributed by atoms with Crippen LogP contribution in [0.25, 0.3) is 0 Å². The number of rotatable bonds is 3. The smallest absolute Gasteiger partial charge is 0.360 e. The maximum absolute atomic E-state index is 13.4. The number of anilines is 1. The second kappa shape index (κ2) is 7.47. The van der Waals surface area contributed by atoms with Crippen molar-refractivity contribution >= 4 is 17.6 Å². The van der Waals surface area contributed by atoms with Crippen molar-refractivity contribution in [2.24, 2.45) is 7.05 Å². The molecule has 0 saturated heterocycles. The third kappa shape index (κ3) is 3.02. The molecule has 1 aliphatic rings. The van der Waals surface area contributed by atoms with E-state index in [1.807, 2.05) is 30.3 Å². The van der Waals surface area contributed by atoms with Gasteiger partial charge >= 0.3 is 5.97 Å². The predicted octanol–water partition coefficient (Wildman–Crippen LogP) is 2.22. The summed E-state index contributed by atoms with van der Waals surface area (Å²) in [7, 11) is 2.58. The minimum atomic E-state index is -0.928. The van der Waals surface area contributed by atoms with Gasteiger partial charge in [-0.1, -0.05) is 36.4 Å². The Hall–Kier alpha value is -3.94. The van der Waals surface area contributed by atoms with Gasteiger partial charge in [0.05, 0.1) is 13.2 Å². The number of benzene rings is 2. The first-order valence-corrected chi connectivity index (χ1v) is 9.28. The van der Waals surface area contributed by atoms with Crippen LogP contribution in [-0.4, -0.2) is 33.6 Å². The molecule has 0 saturated carbocycles. The Bertz CT molecular complexity index is 1200. The number of fused-ring (bicyclic) bond motifs is 1. The zero-order chi connectivity index (χ0) is 21.4. The van der Waals surface area contributed by atoms with Crippen molar-refractivity contribution in [3.8, 4) is 5.75 Å². The van der Waals surface area contributed by atoms with Crippen LogP contribution in [-0.2, 0) is 18.2 Å². The second-order valence-corrected chi connectivity index (χ2v) is 6.91. The number of esters is 1. The van der Waals surface area contributed by atoms with Crippen LogP contribution in [0.2, 0.25) is 0 Å². The Kier molecular flexibility index (Phi) is 4.83. The van der Waals surface area contributed by atoms with Crippen LogP contribution in [0.3, 0.4) is 0 Å². The van der Waals surface area contributed by atoms with Crippen LogP contribution in [0, 0.1) is 0 Å². The number of aromatic nitrogens is 2. The van der Waals surface area contributed by atoms with E-state index in [0.29, 0.717) is 17.7 Å². The molecule has 1 aromatic heterocycles. The second-order valence-electron chi connectivity index (χ2n) is 6.91. The van der Waals surface area contributed by atoms with Crippen LogP contribution in [0.5, 0.6) is 5.75 Å². The average Bonchev–Trinajstić information content (AvgIpc) is 3.16.